The zero-order valence-corrected chi connectivity index (χ0v) is 12.0. The van der Waals surface area contributed by atoms with Crippen LogP contribution in [0.3, 0.4) is 0 Å². The Morgan fingerprint density at radius 2 is 1.79 bits per heavy atom. The summed E-state index contributed by atoms with van der Waals surface area (Å²) in [5, 5.41) is 10.8. The minimum Gasteiger partial charge on any atom is -0.393 e. The van der Waals surface area contributed by atoms with Crippen LogP contribution in [0.25, 0.3) is 0 Å². The van der Waals surface area contributed by atoms with Gasteiger partial charge in [-0.25, -0.2) is 0 Å². The zero-order chi connectivity index (χ0) is 13.2. The summed E-state index contributed by atoms with van der Waals surface area (Å²) >= 11 is 0. The van der Waals surface area contributed by atoms with E-state index in [1.165, 1.54) is 43.2 Å². The van der Waals surface area contributed by atoms with Crippen LogP contribution >= 0.6 is 0 Å². The van der Waals surface area contributed by atoms with Gasteiger partial charge in [-0.3, -0.25) is 0 Å². The van der Waals surface area contributed by atoms with Gasteiger partial charge in [-0.15, -0.1) is 0 Å². The maximum absolute atomic E-state index is 10.8. The Labute approximate surface area is 117 Å². The van der Waals surface area contributed by atoms with Crippen molar-refractivity contribution in [2.45, 2.75) is 58.0 Å². The predicted octanol–water partition coefficient (Wildman–Crippen LogP) is 3.98. The van der Waals surface area contributed by atoms with E-state index in [-0.39, 0.29) is 6.10 Å². The zero-order valence-electron chi connectivity index (χ0n) is 12.0. The SMILES string of the molecule is CCC1CCCC(C(O)C2Cc3ccccc3C2)C1. The molecule has 3 rings (SSSR count). The van der Waals surface area contributed by atoms with Crippen molar-refractivity contribution in [1.29, 1.82) is 0 Å². The Morgan fingerprint density at radius 3 is 2.42 bits per heavy atom. The molecule has 3 unspecified atom stereocenters. The van der Waals surface area contributed by atoms with Crippen molar-refractivity contribution in [1.82, 2.24) is 0 Å². The van der Waals surface area contributed by atoms with E-state index in [0.717, 1.165) is 18.8 Å². The highest BCUT2D eigenvalue weighted by molar-refractivity contribution is 5.32. The molecule has 0 saturated heterocycles. The first kappa shape index (κ1) is 13.2. The molecule has 1 fully saturated rings. The minimum atomic E-state index is -0.0817. The number of aliphatic hydroxyl groups is 1. The molecule has 19 heavy (non-hydrogen) atoms. The first-order chi connectivity index (χ1) is 9.28. The van der Waals surface area contributed by atoms with Crippen LogP contribution < -0.4 is 0 Å². The highest BCUT2D eigenvalue weighted by atomic mass is 16.3. The van der Waals surface area contributed by atoms with Crippen molar-refractivity contribution in [2.75, 3.05) is 0 Å². The summed E-state index contributed by atoms with van der Waals surface area (Å²) in [5.41, 5.74) is 2.93. The molecule has 104 valence electrons. The second-order valence-electron chi connectivity index (χ2n) is 6.63. The Bertz CT molecular complexity index is 400. The molecule has 0 bridgehead atoms. The molecule has 0 aromatic heterocycles. The van der Waals surface area contributed by atoms with Gasteiger partial charge in [0.15, 0.2) is 0 Å². The van der Waals surface area contributed by atoms with Gasteiger partial charge in [-0.05, 0) is 54.6 Å². The fourth-order valence-corrected chi connectivity index (χ4v) is 4.23. The summed E-state index contributed by atoms with van der Waals surface area (Å²) in [6, 6.07) is 8.72. The number of hydrogen-bond acceptors (Lipinski definition) is 1. The summed E-state index contributed by atoms with van der Waals surface area (Å²) in [5.74, 6) is 1.88. The molecule has 1 saturated carbocycles. The first-order valence-electron chi connectivity index (χ1n) is 8.02. The lowest BCUT2D eigenvalue weighted by Crippen LogP contribution is -2.33. The summed E-state index contributed by atoms with van der Waals surface area (Å²) in [6.45, 7) is 2.30. The van der Waals surface area contributed by atoms with Crippen LogP contribution in [0, 0.1) is 17.8 Å². The number of fused-ring (bicyclic) bond motifs is 1. The molecule has 0 aliphatic heterocycles. The largest absolute Gasteiger partial charge is 0.393 e. The van der Waals surface area contributed by atoms with E-state index in [9.17, 15) is 5.11 Å². The summed E-state index contributed by atoms with van der Waals surface area (Å²) in [7, 11) is 0. The van der Waals surface area contributed by atoms with Gasteiger partial charge < -0.3 is 5.11 Å². The maximum Gasteiger partial charge on any atom is 0.0603 e. The van der Waals surface area contributed by atoms with Gasteiger partial charge in [0.1, 0.15) is 0 Å². The molecule has 2 aliphatic rings. The van der Waals surface area contributed by atoms with E-state index in [2.05, 4.69) is 31.2 Å². The number of aliphatic hydroxyl groups excluding tert-OH is 1. The van der Waals surface area contributed by atoms with Gasteiger partial charge in [-0.1, -0.05) is 50.5 Å². The monoisotopic (exact) mass is 258 g/mol. The topological polar surface area (TPSA) is 20.2 Å². The van der Waals surface area contributed by atoms with Crippen LogP contribution in [0.2, 0.25) is 0 Å². The molecule has 0 amide bonds. The van der Waals surface area contributed by atoms with Crippen molar-refractivity contribution in [2.24, 2.45) is 17.8 Å². The lowest BCUT2D eigenvalue weighted by molar-refractivity contribution is 0.0250. The molecule has 1 heteroatoms. The average Bonchev–Trinajstić information content (AvgIpc) is 2.90. The lowest BCUT2D eigenvalue weighted by Gasteiger charge is -2.34. The van der Waals surface area contributed by atoms with Crippen molar-refractivity contribution >= 4 is 0 Å². The highest BCUT2D eigenvalue weighted by Crippen LogP contribution is 2.38. The van der Waals surface area contributed by atoms with Crippen molar-refractivity contribution in [3.05, 3.63) is 35.4 Å². The maximum atomic E-state index is 10.8. The quantitative estimate of drug-likeness (QED) is 0.869. The standard InChI is InChI=1S/C18H26O/c1-2-13-6-5-9-16(10-13)18(19)17-11-14-7-3-4-8-15(14)12-17/h3-4,7-8,13,16-19H,2,5-6,9-12H2,1H3. The molecule has 1 nitrogen and oxygen atoms in total. The van der Waals surface area contributed by atoms with Gasteiger partial charge in [0.05, 0.1) is 6.10 Å². The molecule has 0 spiro atoms. The van der Waals surface area contributed by atoms with Gasteiger partial charge in [-0.2, -0.15) is 0 Å². The number of benzene rings is 1. The average molecular weight is 258 g/mol. The van der Waals surface area contributed by atoms with Gasteiger partial charge in [0, 0.05) is 0 Å². The van der Waals surface area contributed by atoms with E-state index in [1.807, 2.05) is 0 Å². The van der Waals surface area contributed by atoms with Crippen LogP contribution in [-0.2, 0) is 12.8 Å². The van der Waals surface area contributed by atoms with E-state index >= 15 is 0 Å². The van der Waals surface area contributed by atoms with Crippen LogP contribution in [0.1, 0.15) is 50.2 Å². The fraction of sp³-hybridized carbons (Fsp3) is 0.667. The molecular weight excluding hydrogens is 232 g/mol. The van der Waals surface area contributed by atoms with Crippen LogP contribution in [0.4, 0.5) is 0 Å². The van der Waals surface area contributed by atoms with Crippen LogP contribution in [-0.4, -0.2) is 11.2 Å². The second-order valence-corrected chi connectivity index (χ2v) is 6.63. The molecule has 1 aromatic carbocycles. The highest BCUT2D eigenvalue weighted by Gasteiger charge is 2.34. The smallest absolute Gasteiger partial charge is 0.0603 e. The summed E-state index contributed by atoms with van der Waals surface area (Å²) < 4.78 is 0. The third kappa shape index (κ3) is 2.72. The van der Waals surface area contributed by atoms with Crippen molar-refractivity contribution < 1.29 is 5.11 Å². The Hall–Kier alpha value is -0.820. The molecule has 0 radical (unpaired) electrons. The van der Waals surface area contributed by atoms with Gasteiger partial charge in [0.25, 0.3) is 0 Å². The second kappa shape index (κ2) is 5.66. The minimum absolute atomic E-state index is 0.0817. The van der Waals surface area contributed by atoms with Gasteiger partial charge in [0.2, 0.25) is 0 Å². The third-order valence-electron chi connectivity index (χ3n) is 5.45. The normalized spacial score (nSPS) is 29.2. The van der Waals surface area contributed by atoms with E-state index in [1.54, 1.807) is 0 Å². The van der Waals surface area contributed by atoms with Crippen LogP contribution in [0.5, 0.6) is 0 Å². The molecule has 3 atom stereocenters. The molecule has 2 aliphatic carbocycles. The van der Waals surface area contributed by atoms with Crippen molar-refractivity contribution in [3.63, 3.8) is 0 Å². The summed E-state index contributed by atoms with van der Waals surface area (Å²) in [6.07, 6.45) is 8.57. The Morgan fingerprint density at radius 1 is 1.11 bits per heavy atom. The molecule has 0 heterocycles. The molecule has 1 N–H and O–H groups in total. The lowest BCUT2D eigenvalue weighted by atomic mass is 9.74. The third-order valence-corrected chi connectivity index (χ3v) is 5.45. The van der Waals surface area contributed by atoms with E-state index < -0.39 is 0 Å². The molecule has 1 aromatic rings. The number of hydrogen-bond donors (Lipinski definition) is 1. The summed E-state index contributed by atoms with van der Waals surface area (Å²) in [4.78, 5) is 0. The first-order valence-corrected chi connectivity index (χ1v) is 8.02. The van der Waals surface area contributed by atoms with Crippen molar-refractivity contribution in [3.8, 4) is 0 Å². The molecular formula is C18H26O. The fourth-order valence-electron chi connectivity index (χ4n) is 4.23. The van der Waals surface area contributed by atoms with Crippen LogP contribution in [0.15, 0.2) is 24.3 Å². The number of rotatable bonds is 3. The van der Waals surface area contributed by atoms with E-state index in [4.69, 9.17) is 0 Å². The Balaban J connectivity index is 1.64. The Kier molecular flexibility index (Phi) is 3.93. The van der Waals surface area contributed by atoms with E-state index in [0.29, 0.717) is 11.8 Å². The predicted molar refractivity (Wildman–Crippen MR) is 79.1 cm³/mol. The van der Waals surface area contributed by atoms with Gasteiger partial charge >= 0.3 is 0 Å².